The van der Waals surface area contributed by atoms with Crippen molar-refractivity contribution in [3.63, 3.8) is 0 Å². The van der Waals surface area contributed by atoms with E-state index in [0.29, 0.717) is 26.1 Å². The van der Waals surface area contributed by atoms with Crippen LogP contribution in [0, 0.1) is 13.8 Å². The molecule has 1 aliphatic heterocycles. The maximum Gasteiger partial charge on any atom is 0.473 e. The van der Waals surface area contributed by atoms with Gasteiger partial charge in [-0.2, -0.15) is 18.2 Å². The van der Waals surface area contributed by atoms with Crippen molar-refractivity contribution in [2.45, 2.75) is 57.7 Å². The fourth-order valence-electron chi connectivity index (χ4n) is 4.50. The first-order chi connectivity index (χ1) is 16.5. The topological polar surface area (TPSA) is 87.8 Å². The van der Waals surface area contributed by atoms with Crippen LogP contribution in [0.4, 0.5) is 18.0 Å². The fourth-order valence-corrected chi connectivity index (χ4v) is 4.50. The van der Waals surface area contributed by atoms with Crippen molar-refractivity contribution in [2.24, 2.45) is 10.7 Å². The summed E-state index contributed by atoms with van der Waals surface area (Å²) in [5.74, 6) is -2.57. The zero-order valence-electron chi connectivity index (χ0n) is 20.0. The Bertz CT molecular complexity index is 1090. The van der Waals surface area contributed by atoms with Gasteiger partial charge in [0.15, 0.2) is 0 Å². The smallest absolute Gasteiger partial charge is 0.387 e. The number of urea groups is 1. The number of piperidine rings is 1. The number of hydrogen-bond acceptors (Lipinski definition) is 2. The Kier molecular flexibility index (Phi) is 8.19. The molecule has 1 heterocycles. The minimum absolute atomic E-state index is 0.00875. The maximum absolute atomic E-state index is 13.0. The highest BCUT2D eigenvalue weighted by atomic mass is 19.4. The molecule has 6 nitrogen and oxygen atoms in total. The van der Waals surface area contributed by atoms with Crippen LogP contribution in [0.2, 0.25) is 0 Å². The molecule has 3 amide bonds. The lowest BCUT2D eigenvalue weighted by molar-refractivity contribution is -0.169. The van der Waals surface area contributed by atoms with Crippen LogP contribution in [0.3, 0.4) is 0 Å². The van der Waals surface area contributed by atoms with Gasteiger partial charge in [-0.25, -0.2) is 4.79 Å². The second kappa shape index (κ2) is 10.9. The Morgan fingerprint density at radius 3 is 2.49 bits per heavy atom. The Morgan fingerprint density at radius 2 is 1.83 bits per heavy atom. The molecule has 0 saturated carbocycles. The standard InChI is InChI=1S/C26H31F3N4O2/c1-18-9-10-20(15-19(18)2)16-31-24(35)33-14-6-12-25(17-33,21-7-4-3-5-8-21)13-11-22(30)32-23(34)26(27,28)29/h3-5,7-10,15H,6,11-14,16-17H2,1-2H3,(H,31,35)(H2,30,32,34). The molecule has 1 aliphatic rings. The van der Waals surface area contributed by atoms with Crippen LogP contribution in [0.15, 0.2) is 53.5 Å². The predicted molar refractivity (Wildman–Crippen MR) is 129 cm³/mol. The molecule has 1 saturated heterocycles. The highest BCUT2D eigenvalue weighted by Gasteiger charge is 2.40. The molecule has 188 valence electrons. The third kappa shape index (κ3) is 6.83. The van der Waals surface area contributed by atoms with E-state index >= 15 is 0 Å². The molecule has 2 aromatic rings. The lowest BCUT2D eigenvalue weighted by Crippen LogP contribution is -2.51. The molecule has 3 N–H and O–H groups in total. The van der Waals surface area contributed by atoms with Crippen molar-refractivity contribution < 1.29 is 22.8 Å². The number of aryl methyl sites for hydroxylation is 2. The highest BCUT2D eigenvalue weighted by Crippen LogP contribution is 2.38. The van der Waals surface area contributed by atoms with Crippen molar-refractivity contribution in [1.29, 1.82) is 0 Å². The van der Waals surface area contributed by atoms with E-state index in [9.17, 15) is 22.8 Å². The van der Waals surface area contributed by atoms with E-state index in [0.717, 1.165) is 29.5 Å². The van der Waals surface area contributed by atoms with Gasteiger partial charge in [0.25, 0.3) is 0 Å². The van der Waals surface area contributed by atoms with Crippen molar-refractivity contribution in [3.05, 3.63) is 70.8 Å². The van der Waals surface area contributed by atoms with Crippen LogP contribution in [0.1, 0.15) is 47.9 Å². The van der Waals surface area contributed by atoms with E-state index in [4.69, 9.17) is 5.73 Å². The van der Waals surface area contributed by atoms with Crippen LogP contribution in [0.5, 0.6) is 0 Å². The quantitative estimate of drug-likeness (QED) is 0.453. The summed E-state index contributed by atoms with van der Waals surface area (Å²) in [7, 11) is 0. The van der Waals surface area contributed by atoms with E-state index in [1.165, 1.54) is 5.56 Å². The average molecular weight is 489 g/mol. The number of halogens is 3. The van der Waals surface area contributed by atoms with Crippen molar-refractivity contribution in [1.82, 2.24) is 10.2 Å². The largest absolute Gasteiger partial charge is 0.473 e. The molecule has 1 fully saturated rings. The Hall–Kier alpha value is -3.36. The number of amides is 3. The summed E-state index contributed by atoms with van der Waals surface area (Å²) < 4.78 is 37.7. The molecule has 35 heavy (non-hydrogen) atoms. The summed E-state index contributed by atoms with van der Waals surface area (Å²) >= 11 is 0. The van der Waals surface area contributed by atoms with E-state index in [2.05, 4.69) is 10.3 Å². The van der Waals surface area contributed by atoms with Gasteiger partial charge in [0, 0.05) is 31.5 Å². The predicted octanol–water partition coefficient (Wildman–Crippen LogP) is 4.77. The summed E-state index contributed by atoms with van der Waals surface area (Å²) in [5.41, 5.74) is 9.49. The van der Waals surface area contributed by atoms with E-state index < -0.39 is 17.5 Å². The maximum atomic E-state index is 13.0. The van der Waals surface area contributed by atoms with Crippen LogP contribution in [0.25, 0.3) is 0 Å². The van der Waals surface area contributed by atoms with Crippen molar-refractivity contribution >= 4 is 17.8 Å². The first-order valence-electron chi connectivity index (χ1n) is 11.6. The van der Waals surface area contributed by atoms with Gasteiger partial charge in [-0.1, -0.05) is 48.5 Å². The number of nitrogens with two attached hydrogens (primary N) is 1. The molecular formula is C26H31F3N4O2. The number of rotatable bonds is 6. The number of amidine groups is 1. The number of alkyl halides is 3. The summed E-state index contributed by atoms with van der Waals surface area (Å²) in [6, 6.07) is 15.4. The van der Waals surface area contributed by atoms with Crippen LogP contribution < -0.4 is 11.1 Å². The summed E-state index contributed by atoms with van der Waals surface area (Å²) in [6.07, 6.45) is -3.23. The van der Waals surface area contributed by atoms with Crippen LogP contribution in [-0.2, 0) is 16.8 Å². The minimum Gasteiger partial charge on any atom is -0.387 e. The summed E-state index contributed by atoms with van der Waals surface area (Å²) in [4.78, 5) is 29.0. The molecule has 3 rings (SSSR count). The Morgan fingerprint density at radius 1 is 1.11 bits per heavy atom. The van der Waals surface area contributed by atoms with Gasteiger partial charge < -0.3 is 16.0 Å². The molecule has 2 aromatic carbocycles. The van der Waals surface area contributed by atoms with Gasteiger partial charge >= 0.3 is 18.1 Å². The van der Waals surface area contributed by atoms with Gasteiger partial charge in [0.2, 0.25) is 0 Å². The molecule has 1 unspecified atom stereocenters. The first-order valence-corrected chi connectivity index (χ1v) is 11.6. The zero-order valence-corrected chi connectivity index (χ0v) is 20.0. The Labute approximate surface area is 203 Å². The second-order valence-corrected chi connectivity index (χ2v) is 9.15. The van der Waals surface area contributed by atoms with Crippen molar-refractivity contribution in [3.8, 4) is 0 Å². The molecule has 0 bridgehead atoms. The molecule has 9 heteroatoms. The van der Waals surface area contributed by atoms with Gasteiger partial charge in [-0.15, -0.1) is 0 Å². The number of likely N-dealkylation sites (tertiary alicyclic amines) is 1. The minimum atomic E-state index is -5.06. The molecule has 0 spiro atoms. The number of aliphatic imine (C=N–C) groups is 1. The zero-order chi connectivity index (χ0) is 25.6. The van der Waals surface area contributed by atoms with Gasteiger partial charge in [0.1, 0.15) is 5.84 Å². The van der Waals surface area contributed by atoms with E-state index in [1.54, 1.807) is 4.90 Å². The third-order valence-corrected chi connectivity index (χ3v) is 6.61. The normalized spacial score (nSPS) is 18.9. The Balaban J connectivity index is 1.74. The van der Waals surface area contributed by atoms with Crippen LogP contribution >= 0.6 is 0 Å². The lowest BCUT2D eigenvalue weighted by Gasteiger charge is -2.43. The highest BCUT2D eigenvalue weighted by molar-refractivity contribution is 5.96. The molecule has 1 atom stereocenters. The number of nitrogens with zero attached hydrogens (tertiary/aromatic N) is 2. The van der Waals surface area contributed by atoms with E-state index in [1.807, 2.05) is 62.4 Å². The van der Waals surface area contributed by atoms with Gasteiger partial charge in [-0.05, 0) is 55.4 Å². The molecular weight excluding hydrogens is 457 g/mol. The lowest BCUT2D eigenvalue weighted by atomic mass is 9.71. The van der Waals surface area contributed by atoms with Gasteiger partial charge in [-0.3, -0.25) is 4.79 Å². The number of benzene rings is 2. The SMILES string of the molecule is Cc1ccc(CNC(=O)N2CCCC(CCC(N)=NC(=O)C(F)(F)F)(c3ccccc3)C2)cc1C. The number of hydrogen-bond donors (Lipinski definition) is 2. The monoisotopic (exact) mass is 488 g/mol. The first kappa shape index (κ1) is 26.2. The fraction of sp³-hybridized carbons (Fsp3) is 0.423. The van der Waals surface area contributed by atoms with Gasteiger partial charge in [0.05, 0.1) is 0 Å². The van der Waals surface area contributed by atoms with Crippen LogP contribution in [-0.4, -0.2) is 41.9 Å². The molecule has 0 aliphatic carbocycles. The average Bonchev–Trinajstić information content (AvgIpc) is 2.83. The van der Waals surface area contributed by atoms with Crippen molar-refractivity contribution in [2.75, 3.05) is 13.1 Å². The molecule has 0 radical (unpaired) electrons. The number of carbonyl (C=O) groups is 2. The van der Waals surface area contributed by atoms with E-state index in [-0.39, 0.29) is 18.3 Å². The third-order valence-electron chi connectivity index (χ3n) is 6.61. The summed E-state index contributed by atoms with van der Waals surface area (Å²) in [6.45, 7) is 5.41. The number of carbonyl (C=O) groups excluding carboxylic acids is 2. The molecule has 0 aromatic heterocycles. The number of nitrogens with one attached hydrogen (secondary N) is 1. The summed E-state index contributed by atoms with van der Waals surface area (Å²) in [5, 5.41) is 2.98. The second-order valence-electron chi connectivity index (χ2n) is 9.15.